The smallest absolute Gasteiger partial charge is 0.153 e. The normalized spacial score (nSPS) is 24.8. The number of hydrogen-bond donors (Lipinski definition) is 0. The van der Waals surface area contributed by atoms with Crippen LogP contribution >= 0.6 is 0 Å². The van der Waals surface area contributed by atoms with Crippen LogP contribution in [0.2, 0.25) is 0 Å². The Hall–Kier alpha value is -1.35. The number of rotatable bonds is 3. The van der Waals surface area contributed by atoms with Gasteiger partial charge in [0.15, 0.2) is 6.29 Å². The summed E-state index contributed by atoms with van der Waals surface area (Å²) in [4.78, 5) is 11.1. The van der Waals surface area contributed by atoms with E-state index in [1.165, 1.54) is 6.42 Å². The van der Waals surface area contributed by atoms with Gasteiger partial charge in [-0.15, -0.1) is 0 Å². The van der Waals surface area contributed by atoms with E-state index in [2.05, 4.69) is 0 Å². The largest absolute Gasteiger partial charge is 0.489 e. The Labute approximate surface area is 113 Å². The highest BCUT2D eigenvalue weighted by Gasteiger charge is 2.43. The molecule has 1 heterocycles. The molecule has 102 valence electrons. The summed E-state index contributed by atoms with van der Waals surface area (Å²) in [5.41, 5.74) is 1.81. The molecular weight excluding hydrogens is 240 g/mol. The molecule has 1 aromatic carbocycles. The predicted molar refractivity (Wildman–Crippen MR) is 72.8 cm³/mol. The summed E-state index contributed by atoms with van der Waals surface area (Å²) in [7, 11) is 0. The molecule has 0 amide bonds. The second kappa shape index (κ2) is 4.97. The first kappa shape index (κ1) is 12.7. The van der Waals surface area contributed by atoms with Crippen LogP contribution in [0.25, 0.3) is 0 Å². The standard InChI is InChI=1S/C16H20O3/c1-12-3-4-15(13(9-12)11-17)19-14-5-8-18-16(10-14)6-2-7-16/h3-4,9,11,14H,2,5-8,10H2,1H3. The molecule has 1 unspecified atom stereocenters. The van der Waals surface area contributed by atoms with Crippen molar-refractivity contribution in [3.8, 4) is 5.75 Å². The number of ether oxygens (including phenoxy) is 2. The van der Waals surface area contributed by atoms with Gasteiger partial charge < -0.3 is 9.47 Å². The van der Waals surface area contributed by atoms with Gasteiger partial charge in [0.05, 0.1) is 17.8 Å². The molecule has 1 saturated heterocycles. The van der Waals surface area contributed by atoms with Crippen molar-refractivity contribution in [2.24, 2.45) is 0 Å². The summed E-state index contributed by atoms with van der Waals surface area (Å²) in [6.45, 7) is 2.75. The van der Waals surface area contributed by atoms with Crippen LogP contribution in [0, 0.1) is 6.92 Å². The van der Waals surface area contributed by atoms with Gasteiger partial charge in [-0.05, 0) is 38.3 Å². The fraction of sp³-hybridized carbons (Fsp3) is 0.562. The van der Waals surface area contributed by atoms with Gasteiger partial charge in [0.25, 0.3) is 0 Å². The quantitative estimate of drug-likeness (QED) is 0.782. The lowest BCUT2D eigenvalue weighted by molar-refractivity contribution is -0.153. The summed E-state index contributed by atoms with van der Waals surface area (Å²) >= 11 is 0. The van der Waals surface area contributed by atoms with Gasteiger partial charge in [0.1, 0.15) is 11.9 Å². The van der Waals surface area contributed by atoms with Gasteiger partial charge in [0, 0.05) is 12.8 Å². The Balaban J connectivity index is 1.72. The van der Waals surface area contributed by atoms with Crippen LogP contribution < -0.4 is 4.74 Å². The van der Waals surface area contributed by atoms with Crippen molar-refractivity contribution >= 4 is 6.29 Å². The molecule has 1 saturated carbocycles. The second-order valence-corrected chi connectivity index (χ2v) is 5.78. The number of carbonyl (C=O) groups is 1. The highest BCUT2D eigenvalue weighted by atomic mass is 16.5. The lowest BCUT2D eigenvalue weighted by Crippen LogP contribution is -2.48. The average Bonchev–Trinajstić information content (AvgIpc) is 2.39. The van der Waals surface area contributed by atoms with E-state index in [0.29, 0.717) is 11.3 Å². The van der Waals surface area contributed by atoms with E-state index in [-0.39, 0.29) is 11.7 Å². The molecule has 19 heavy (non-hydrogen) atoms. The molecule has 0 aromatic heterocycles. The molecular formula is C16H20O3. The minimum Gasteiger partial charge on any atom is -0.489 e. The number of aryl methyl sites for hydroxylation is 1. The Bertz CT molecular complexity index is 477. The molecule has 2 aliphatic rings. The summed E-state index contributed by atoms with van der Waals surface area (Å²) in [5, 5.41) is 0. The molecule has 2 fully saturated rings. The van der Waals surface area contributed by atoms with Crippen molar-refractivity contribution in [3.05, 3.63) is 29.3 Å². The highest BCUT2D eigenvalue weighted by Crippen LogP contribution is 2.43. The summed E-state index contributed by atoms with van der Waals surface area (Å²) in [6, 6.07) is 5.77. The minimum absolute atomic E-state index is 0.0783. The lowest BCUT2D eigenvalue weighted by atomic mass is 9.74. The molecule has 1 aliphatic carbocycles. The summed E-state index contributed by atoms with van der Waals surface area (Å²) in [5.74, 6) is 0.710. The van der Waals surface area contributed by atoms with Crippen molar-refractivity contribution in [1.29, 1.82) is 0 Å². The van der Waals surface area contributed by atoms with E-state index in [9.17, 15) is 4.79 Å². The van der Waals surface area contributed by atoms with E-state index in [0.717, 1.165) is 44.1 Å². The Kier molecular flexibility index (Phi) is 3.31. The number of aldehydes is 1. The van der Waals surface area contributed by atoms with Crippen LogP contribution in [0.3, 0.4) is 0 Å². The van der Waals surface area contributed by atoms with Crippen molar-refractivity contribution in [2.45, 2.75) is 50.7 Å². The third-order valence-electron chi connectivity index (χ3n) is 4.30. The van der Waals surface area contributed by atoms with Crippen molar-refractivity contribution in [3.63, 3.8) is 0 Å². The van der Waals surface area contributed by atoms with Crippen LogP contribution in [0.4, 0.5) is 0 Å². The predicted octanol–water partition coefficient (Wildman–Crippen LogP) is 3.29. The van der Waals surface area contributed by atoms with Crippen LogP contribution in [0.1, 0.15) is 48.0 Å². The Morgan fingerprint density at radius 3 is 2.95 bits per heavy atom. The Morgan fingerprint density at radius 2 is 2.26 bits per heavy atom. The van der Waals surface area contributed by atoms with E-state index in [1.807, 2.05) is 25.1 Å². The molecule has 0 N–H and O–H groups in total. The maximum Gasteiger partial charge on any atom is 0.153 e. The van der Waals surface area contributed by atoms with Gasteiger partial charge in [-0.3, -0.25) is 4.79 Å². The topological polar surface area (TPSA) is 35.5 Å². The van der Waals surface area contributed by atoms with Gasteiger partial charge in [-0.2, -0.15) is 0 Å². The molecule has 1 spiro atoms. The van der Waals surface area contributed by atoms with E-state index < -0.39 is 0 Å². The number of benzene rings is 1. The van der Waals surface area contributed by atoms with Gasteiger partial charge in [-0.1, -0.05) is 11.6 Å². The van der Waals surface area contributed by atoms with Crippen LogP contribution in [-0.2, 0) is 4.74 Å². The monoisotopic (exact) mass is 260 g/mol. The fourth-order valence-corrected chi connectivity index (χ4v) is 3.05. The van der Waals surface area contributed by atoms with Crippen LogP contribution in [0.15, 0.2) is 18.2 Å². The Morgan fingerprint density at radius 1 is 1.42 bits per heavy atom. The first-order chi connectivity index (χ1) is 9.21. The van der Waals surface area contributed by atoms with E-state index in [1.54, 1.807) is 0 Å². The molecule has 1 aromatic rings. The van der Waals surface area contributed by atoms with E-state index >= 15 is 0 Å². The lowest BCUT2D eigenvalue weighted by Gasteiger charge is -2.46. The third-order valence-corrected chi connectivity index (χ3v) is 4.30. The molecule has 3 rings (SSSR count). The number of hydrogen-bond acceptors (Lipinski definition) is 3. The van der Waals surface area contributed by atoms with Crippen molar-refractivity contribution in [1.82, 2.24) is 0 Å². The fourth-order valence-electron chi connectivity index (χ4n) is 3.05. The van der Waals surface area contributed by atoms with Gasteiger partial charge >= 0.3 is 0 Å². The van der Waals surface area contributed by atoms with Crippen molar-refractivity contribution in [2.75, 3.05) is 6.61 Å². The van der Waals surface area contributed by atoms with Crippen LogP contribution in [0.5, 0.6) is 5.75 Å². The first-order valence-electron chi connectivity index (χ1n) is 7.07. The number of carbonyl (C=O) groups excluding carboxylic acids is 1. The summed E-state index contributed by atoms with van der Waals surface area (Å²) in [6.07, 6.45) is 6.49. The molecule has 1 atom stereocenters. The molecule has 0 bridgehead atoms. The van der Waals surface area contributed by atoms with Gasteiger partial charge in [-0.25, -0.2) is 0 Å². The SMILES string of the molecule is Cc1ccc(OC2CCOC3(CCC3)C2)c(C=O)c1. The molecule has 0 radical (unpaired) electrons. The highest BCUT2D eigenvalue weighted by molar-refractivity contribution is 5.79. The van der Waals surface area contributed by atoms with Crippen LogP contribution in [-0.4, -0.2) is 24.6 Å². The second-order valence-electron chi connectivity index (χ2n) is 5.78. The summed E-state index contributed by atoms with van der Waals surface area (Å²) < 4.78 is 11.9. The average molecular weight is 260 g/mol. The zero-order valence-electron chi connectivity index (χ0n) is 11.4. The zero-order chi connectivity index (χ0) is 13.3. The molecule has 3 nitrogen and oxygen atoms in total. The zero-order valence-corrected chi connectivity index (χ0v) is 11.4. The maximum absolute atomic E-state index is 11.1. The van der Waals surface area contributed by atoms with Crippen molar-refractivity contribution < 1.29 is 14.3 Å². The third kappa shape index (κ3) is 2.52. The minimum atomic E-state index is 0.0783. The van der Waals surface area contributed by atoms with Gasteiger partial charge in [0.2, 0.25) is 0 Å². The molecule has 1 aliphatic heterocycles. The molecule has 3 heteroatoms. The first-order valence-corrected chi connectivity index (χ1v) is 7.07. The maximum atomic E-state index is 11.1. The van der Waals surface area contributed by atoms with E-state index in [4.69, 9.17) is 9.47 Å².